The fraction of sp³-hybridized carbons (Fsp3) is 0.429. The number of benzene rings is 1. The van der Waals surface area contributed by atoms with Crippen molar-refractivity contribution < 1.29 is 35.8 Å². The molecule has 0 aliphatic carbocycles. The summed E-state index contributed by atoms with van der Waals surface area (Å²) in [6.07, 6.45) is -9.33. The lowest BCUT2D eigenvalue weighted by Gasteiger charge is -2.30. The Morgan fingerprint density at radius 2 is 1.71 bits per heavy atom. The number of likely N-dealkylation sites (tertiary alicyclic amines) is 1. The van der Waals surface area contributed by atoms with Crippen molar-refractivity contribution in [3.63, 3.8) is 0 Å². The number of aliphatic hydroxyl groups is 1. The molecule has 13 heteroatoms. The minimum absolute atomic E-state index is 0.0562. The predicted octanol–water partition coefficient (Wildman–Crippen LogP) is 4.52. The number of rotatable bonds is 5. The monoisotopic (exact) mass is 491 g/mol. The lowest BCUT2D eigenvalue weighted by molar-refractivity contribution is -0.142. The zero-order valence-electron chi connectivity index (χ0n) is 17.8. The van der Waals surface area contributed by atoms with Crippen molar-refractivity contribution in [3.8, 4) is 0 Å². The number of nitrogens with zero attached hydrogens (tertiary/aromatic N) is 4. The maximum absolute atomic E-state index is 13.4. The van der Waals surface area contributed by atoms with E-state index in [2.05, 4.69) is 15.4 Å². The highest BCUT2D eigenvalue weighted by Gasteiger charge is 2.38. The number of alkyl halides is 6. The molecular weight excluding hydrogens is 471 g/mol. The first kappa shape index (κ1) is 24.2. The smallest absolute Gasteiger partial charge is 0.389 e. The van der Waals surface area contributed by atoms with E-state index in [1.807, 2.05) is 4.90 Å². The van der Waals surface area contributed by atoms with Crippen LogP contribution in [0.4, 0.5) is 36.6 Å². The van der Waals surface area contributed by atoms with Gasteiger partial charge in [0, 0.05) is 31.8 Å². The third-order valence-corrected chi connectivity index (χ3v) is 5.66. The molecule has 0 bridgehead atoms. The number of hydrogen-bond acceptors (Lipinski definition) is 5. The molecule has 2 atom stereocenters. The van der Waals surface area contributed by atoms with Crippen molar-refractivity contribution in [1.29, 1.82) is 0 Å². The summed E-state index contributed by atoms with van der Waals surface area (Å²) in [7, 11) is 0. The van der Waals surface area contributed by atoms with Gasteiger partial charge in [0.2, 0.25) is 0 Å². The summed E-state index contributed by atoms with van der Waals surface area (Å²) in [6.45, 7) is 2.29. The number of β-amino-alcohol motifs (C(OH)–C–C–N with tert-alkyl or cyclic N) is 1. The molecule has 2 N–H and O–H groups in total. The summed E-state index contributed by atoms with van der Waals surface area (Å²) in [5, 5.41) is 16.5. The third-order valence-electron chi connectivity index (χ3n) is 5.66. The van der Waals surface area contributed by atoms with Gasteiger partial charge in [-0.15, -0.1) is 0 Å². The molecule has 3 aromatic rings. The molecule has 1 aromatic carbocycles. The van der Waals surface area contributed by atoms with Crippen molar-refractivity contribution in [2.24, 2.45) is 0 Å². The largest absolute Gasteiger partial charge is 0.435 e. The minimum Gasteiger partial charge on any atom is -0.389 e. The maximum Gasteiger partial charge on any atom is 0.435 e. The van der Waals surface area contributed by atoms with Crippen LogP contribution >= 0.6 is 0 Å². The van der Waals surface area contributed by atoms with Crippen LogP contribution in [0.15, 0.2) is 36.4 Å². The van der Waals surface area contributed by atoms with Crippen LogP contribution in [0.2, 0.25) is 0 Å². The molecule has 3 heterocycles. The molecule has 1 aliphatic heterocycles. The Labute approximate surface area is 189 Å². The van der Waals surface area contributed by atoms with E-state index in [0.29, 0.717) is 35.2 Å². The molecular formula is C21H20F7N5O. The lowest BCUT2D eigenvalue weighted by atomic mass is 10.0. The first-order chi connectivity index (χ1) is 15.7. The second-order valence-electron chi connectivity index (χ2n) is 8.49. The van der Waals surface area contributed by atoms with E-state index < -0.39 is 46.8 Å². The summed E-state index contributed by atoms with van der Waals surface area (Å²) in [4.78, 5) is 5.15. The number of hydrogen-bond donors (Lipinski definition) is 2. The second-order valence-corrected chi connectivity index (χ2v) is 8.49. The van der Waals surface area contributed by atoms with Crippen molar-refractivity contribution >= 4 is 11.5 Å². The molecule has 2 aromatic heterocycles. The average Bonchev–Trinajstić information content (AvgIpc) is 3.32. The van der Waals surface area contributed by atoms with Gasteiger partial charge in [0.25, 0.3) is 0 Å². The van der Waals surface area contributed by atoms with Crippen LogP contribution in [0.5, 0.6) is 0 Å². The normalized spacial score (nSPS) is 20.7. The third kappa shape index (κ3) is 5.09. The van der Waals surface area contributed by atoms with Gasteiger partial charge >= 0.3 is 12.4 Å². The van der Waals surface area contributed by atoms with E-state index >= 15 is 0 Å². The first-order valence-corrected chi connectivity index (χ1v) is 10.2. The van der Waals surface area contributed by atoms with Crippen LogP contribution in [0, 0.1) is 5.82 Å². The van der Waals surface area contributed by atoms with E-state index in [9.17, 15) is 35.8 Å². The van der Waals surface area contributed by atoms with Gasteiger partial charge in [-0.3, -0.25) is 4.90 Å². The fourth-order valence-corrected chi connectivity index (χ4v) is 3.97. The highest BCUT2D eigenvalue weighted by molar-refractivity contribution is 5.51. The SMILES string of the molecule is C[C@@]1(O)CCN([C@@H](CNc2cc(C(F)(F)F)nc3cc(C(F)(F)F)nn23)c2ccc(F)cc2)C1. The average molecular weight is 491 g/mol. The molecule has 0 radical (unpaired) electrons. The van der Waals surface area contributed by atoms with E-state index in [1.165, 1.54) is 24.3 Å². The van der Waals surface area contributed by atoms with Crippen LogP contribution < -0.4 is 5.32 Å². The molecule has 1 fully saturated rings. The predicted molar refractivity (Wildman–Crippen MR) is 107 cm³/mol. The van der Waals surface area contributed by atoms with Crippen molar-refractivity contribution in [3.05, 3.63) is 59.2 Å². The molecule has 6 nitrogen and oxygen atoms in total. The Morgan fingerprint density at radius 1 is 1.06 bits per heavy atom. The summed E-state index contributed by atoms with van der Waals surface area (Å²) in [5.74, 6) is -0.823. The molecule has 4 rings (SSSR count). The molecule has 1 aliphatic rings. The van der Waals surface area contributed by atoms with E-state index in [1.54, 1.807) is 6.92 Å². The fourth-order valence-electron chi connectivity index (χ4n) is 3.97. The van der Waals surface area contributed by atoms with Gasteiger partial charge in [0.05, 0.1) is 11.6 Å². The quantitative estimate of drug-likeness (QED) is 0.514. The van der Waals surface area contributed by atoms with E-state index in [4.69, 9.17) is 0 Å². The van der Waals surface area contributed by atoms with Gasteiger partial charge in [0.15, 0.2) is 17.0 Å². The van der Waals surface area contributed by atoms with Gasteiger partial charge in [-0.1, -0.05) is 12.1 Å². The zero-order chi connectivity index (χ0) is 24.9. The lowest BCUT2D eigenvalue weighted by Crippen LogP contribution is -2.35. The zero-order valence-corrected chi connectivity index (χ0v) is 17.8. The van der Waals surface area contributed by atoms with Crippen molar-refractivity contribution in [2.45, 2.75) is 37.3 Å². The van der Waals surface area contributed by atoms with Crippen LogP contribution in [-0.2, 0) is 12.4 Å². The summed E-state index contributed by atoms with van der Waals surface area (Å²) >= 11 is 0. The molecule has 0 spiro atoms. The summed E-state index contributed by atoms with van der Waals surface area (Å²) in [6, 6.07) is 5.97. The number of halogens is 7. The Morgan fingerprint density at radius 3 is 2.26 bits per heavy atom. The Balaban J connectivity index is 1.71. The number of aromatic nitrogens is 3. The minimum atomic E-state index is -4.90. The van der Waals surface area contributed by atoms with Crippen LogP contribution in [0.1, 0.15) is 36.3 Å². The number of fused-ring (bicyclic) bond motifs is 1. The second kappa shape index (κ2) is 8.38. The first-order valence-electron chi connectivity index (χ1n) is 10.2. The van der Waals surface area contributed by atoms with Gasteiger partial charge in [-0.25, -0.2) is 9.37 Å². The molecule has 0 amide bonds. The molecule has 0 saturated carbocycles. The number of nitrogens with one attached hydrogen (secondary N) is 1. The van der Waals surface area contributed by atoms with Gasteiger partial charge in [0.1, 0.15) is 11.6 Å². The topological polar surface area (TPSA) is 65.7 Å². The molecule has 34 heavy (non-hydrogen) atoms. The van der Waals surface area contributed by atoms with Crippen molar-refractivity contribution in [1.82, 2.24) is 19.5 Å². The van der Waals surface area contributed by atoms with Gasteiger partial charge in [-0.2, -0.15) is 36.0 Å². The van der Waals surface area contributed by atoms with Gasteiger partial charge < -0.3 is 10.4 Å². The van der Waals surface area contributed by atoms with Crippen LogP contribution in [-0.4, -0.2) is 49.8 Å². The van der Waals surface area contributed by atoms with E-state index in [0.717, 1.165) is 0 Å². The molecule has 1 saturated heterocycles. The van der Waals surface area contributed by atoms with Crippen LogP contribution in [0.3, 0.4) is 0 Å². The van der Waals surface area contributed by atoms with Crippen LogP contribution in [0.25, 0.3) is 5.65 Å². The molecule has 184 valence electrons. The summed E-state index contributed by atoms with van der Waals surface area (Å²) < 4.78 is 93.6. The standard InChI is InChI=1S/C21H20F7N5O/c1-19(34)6-7-32(11-19)14(12-2-4-13(22)5-3-12)10-29-17-8-15(20(23,24)25)30-18-9-16(21(26,27)28)31-33(17)18/h2-5,8-9,14,29,34H,6-7,10-11H2,1H3/t14-,19+/m0/s1. The Hall–Kier alpha value is -2.93. The van der Waals surface area contributed by atoms with E-state index in [-0.39, 0.29) is 18.9 Å². The summed E-state index contributed by atoms with van der Waals surface area (Å²) in [5.41, 5.74) is -3.75. The van der Waals surface area contributed by atoms with Gasteiger partial charge in [-0.05, 0) is 31.0 Å². The Kier molecular flexibility index (Phi) is 5.96. The highest BCUT2D eigenvalue weighted by atomic mass is 19.4. The Bertz CT molecular complexity index is 1170. The van der Waals surface area contributed by atoms with Crippen molar-refractivity contribution in [2.75, 3.05) is 25.0 Å². The highest BCUT2D eigenvalue weighted by Crippen LogP contribution is 2.34. The molecule has 0 unspecified atom stereocenters. The number of anilines is 1. The maximum atomic E-state index is 13.4.